The van der Waals surface area contributed by atoms with Gasteiger partial charge in [-0.05, 0) is 35.2 Å². The normalized spacial score (nSPS) is 10.7. The van der Waals surface area contributed by atoms with Gasteiger partial charge in [0.15, 0.2) is 0 Å². The molecule has 0 heterocycles. The second-order valence-electron chi connectivity index (χ2n) is 5.67. The van der Waals surface area contributed by atoms with Crippen LogP contribution in [-0.4, -0.2) is 0 Å². The second kappa shape index (κ2) is 5.20. The first kappa shape index (κ1) is 13.2. The zero-order valence-corrected chi connectivity index (χ0v) is 11.7. The summed E-state index contributed by atoms with van der Waals surface area (Å²) in [4.78, 5) is 0. The molecular weight excluding hydrogens is 230 g/mol. The van der Waals surface area contributed by atoms with Gasteiger partial charge < -0.3 is 5.73 Å². The Morgan fingerprint density at radius 1 is 0.895 bits per heavy atom. The second-order valence-corrected chi connectivity index (χ2v) is 5.67. The summed E-state index contributed by atoms with van der Waals surface area (Å²) in [5, 5.41) is 0. The van der Waals surface area contributed by atoms with E-state index in [0.29, 0.717) is 0 Å². The smallest absolute Gasteiger partial charge is 0.0478 e. The number of rotatable bonds is 0. The Bertz CT molecular complexity index is 636. The van der Waals surface area contributed by atoms with E-state index in [2.05, 4.69) is 50.8 Å². The Morgan fingerprint density at radius 2 is 1.63 bits per heavy atom. The molecule has 0 saturated heterocycles. The summed E-state index contributed by atoms with van der Waals surface area (Å²) in [5.74, 6) is 6.32. The van der Waals surface area contributed by atoms with Crippen molar-refractivity contribution in [2.45, 2.75) is 26.2 Å². The monoisotopic (exact) mass is 249 g/mol. The Balaban J connectivity index is 2.33. The third-order valence-electron chi connectivity index (χ3n) is 3.03. The number of nitrogen functional groups attached to an aromatic ring is 1. The molecule has 0 atom stereocenters. The third kappa shape index (κ3) is 3.39. The Kier molecular flexibility index (Phi) is 3.62. The molecule has 96 valence electrons. The van der Waals surface area contributed by atoms with Crippen LogP contribution in [0.5, 0.6) is 0 Å². The van der Waals surface area contributed by atoms with Gasteiger partial charge in [-0.1, -0.05) is 56.9 Å². The topological polar surface area (TPSA) is 26.0 Å². The Labute approximate surface area is 115 Å². The average molecular weight is 249 g/mol. The van der Waals surface area contributed by atoms with E-state index >= 15 is 0 Å². The Morgan fingerprint density at radius 3 is 2.32 bits per heavy atom. The number of anilines is 1. The van der Waals surface area contributed by atoms with Crippen LogP contribution in [-0.2, 0) is 5.41 Å². The van der Waals surface area contributed by atoms with Crippen LogP contribution < -0.4 is 5.73 Å². The van der Waals surface area contributed by atoms with E-state index in [1.807, 2.05) is 30.3 Å². The SMILES string of the molecule is CC(C)(C)c1cccc(C#Cc2ccccc2N)c1. The lowest BCUT2D eigenvalue weighted by molar-refractivity contribution is 0.590. The molecule has 0 bridgehead atoms. The molecule has 0 unspecified atom stereocenters. The van der Waals surface area contributed by atoms with Crippen molar-refractivity contribution in [2.24, 2.45) is 0 Å². The van der Waals surface area contributed by atoms with E-state index in [1.54, 1.807) is 0 Å². The van der Waals surface area contributed by atoms with Crippen molar-refractivity contribution >= 4 is 5.69 Å². The molecule has 2 aromatic carbocycles. The summed E-state index contributed by atoms with van der Waals surface area (Å²) in [7, 11) is 0. The molecule has 2 N–H and O–H groups in total. The van der Waals surface area contributed by atoms with Gasteiger partial charge in [0.1, 0.15) is 0 Å². The van der Waals surface area contributed by atoms with Gasteiger partial charge in [0.05, 0.1) is 0 Å². The molecule has 0 aliphatic carbocycles. The van der Waals surface area contributed by atoms with Crippen molar-refractivity contribution in [1.29, 1.82) is 0 Å². The predicted octanol–water partition coefficient (Wildman–Crippen LogP) is 3.97. The highest BCUT2D eigenvalue weighted by atomic mass is 14.5. The third-order valence-corrected chi connectivity index (χ3v) is 3.03. The van der Waals surface area contributed by atoms with E-state index in [9.17, 15) is 0 Å². The summed E-state index contributed by atoms with van der Waals surface area (Å²) in [6.45, 7) is 6.61. The van der Waals surface area contributed by atoms with Gasteiger partial charge in [0.2, 0.25) is 0 Å². The van der Waals surface area contributed by atoms with Gasteiger partial charge in [-0.3, -0.25) is 0 Å². The molecule has 2 rings (SSSR count). The van der Waals surface area contributed by atoms with Crippen molar-refractivity contribution in [3.8, 4) is 11.8 Å². The highest BCUT2D eigenvalue weighted by molar-refractivity contribution is 5.57. The Hall–Kier alpha value is -2.20. The minimum Gasteiger partial charge on any atom is -0.398 e. The van der Waals surface area contributed by atoms with Crippen molar-refractivity contribution < 1.29 is 0 Å². The molecule has 0 aliphatic rings. The minimum atomic E-state index is 0.142. The summed E-state index contributed by atoms with van der Waals surface area (Å²) in [6.07, 6.45) is 0. The number of benzene rings is 2. The quantitative estimate of drug-likeness (QED) is 0.555. The van der Waals surface area contributed by atoms with E-state index < -0.39 is 0 Å². The van der Waals surface area contributed by atoms with Crippen LogP contribution in [0, 0.1) is 11.8 Å². The molecule has 0 aromatic heterocycles. The van der Waals surface area contributed by atoms with Crippen LogP contribution in [0.4, 0.5) is 5.69 Å². The first-order valence-electron chi connectivity index (χ1n) is 6.44. The van der Waals surface area contributed by atoms with Crippen molar-refractivity contribution in [2.75, 3.05) is 5.73 Å². The van der Waals surface area contributed by atoms with Gasteiger partial charge in [0, 0.05) is 16.8 Å². The fraction of sp³-hybridized carbons (Fsp3) is 0.222. The summed E-state index contributed by atoms with van der Waals surface area (Å²) < 4.78 is 0. The minimum absolute atomic E-state index is 0.142. The summed E-state index contributed by atoms with van der Waals surface area (Å²) in [5.41, 5.74) is 9.94. The van der Waals surface area contributed by atoms with Crippen LogP contribution in [0.1, 0.15) is 37.5 Å². The van der Waals surface area contributed by atoms with E-state index in [4.69, 9.17) is 5.73 Å². The van der Waals surface area contributed by atoms with E-state index in [1.165, 1.54) is 5.56 Å². The molecule has 0 fully saturated rings. The van der Waals surface area contributed by atoms with Crippen LogP contribution in [0.25, 0.3) is 0 Å². The average Bonchev–Trinajstić information content (AvgIpc) is 2.37. The molecule has 19 heavy (non-hydrogen) atoms. The first-order chi connectivity index (χ1) is 8.97. The van der Waals surface area contributed by atoms with Gasteiger partial charge in [-0.25, -0.2) is 0 Å². The molecule has 0 aliphatic heterocycles. The molecule has 0 amide bonds. The standard InChI is InChI=1S/C18H19N/c1-18(2,3)16-9-6-7-14(13-16)11-12-15-8-4-5-10-17(15)19/h4-10,13H,19H2,1-3H3. The molecule has 0 saturated carbocycles. The highest BCUT2D eigenvalue weighted by Gasteiger charge is 2.12. The van der Waals surface area contributed by atoms with Gasteiger partial charge in [-0.2, -0.15) is 0 Å². The summed E-state index contributed by atoms with van der Waals surface area (Å²) in [6, 6.07) is 16.0. The number of hydrogen-bond donors (Lipinski definition) is 1. The van der Waals surface area contributed by atoms with Gasteiger partial charge in [0.25, 0.3) is 0 Å². The maximum Gasteiger partial charge on any atom is 0.0478 e. The highest BCUT2D eigenvalue weighted by Crippen LogP contribution is 2.22. The molecular formula is C18H19N. The van der Waals surface area contributed by atoms with Crippen molar-refractivity contribution in [3.63, 3.8) is 0 Å². The van der Waals surface area contributed by atoms with Crippen LogP contribution in [0.3, 0.4) is 0 Å². The number of nitrogens with two attached hydrogens (primary N) is 1. The molecule has 0 radical (unpaired) electrons. The zero-order valence-electron chi connectivity index (χ0n) is 11.7. The number of para-hydroxylation sites is 1. The fourth-order valence-corrected chi connectivity index (χ4v) is 1.81. The maximum atomic E-state index is 5.88. The van der Waals surface area contributed by atoms with Crippen molar-refractivity contribution in [3.05, 3.63) is 65.2 Å². The molecule has 0 spiro atoms. The maximum absolute atomic E-state index is 5.88. The van der Waals surface area contributed by atoms with E-state index in [0.717, 1.165) is 16.8 Å². The summed E-state index contributed by atoms with van der Waals surface area (Å²) >= 11 is 0. The largest absolute Gasteiger partial charge is 0.398 e. The molecule has 1 nitrogen and oxygen atoms in total. The fourth-order valence-electron chi connectivity index (χ4n) is 1.81. The van der Waals surface area contributed by atoms with Crippen molar-refractivity contribution in [1.82, 2.24) is 0 Å². The first-order valence-corrected chi connectivity index (χ1v) is 6.44. The molecule has 2 aromatic rings. The lowest BCUT2D eigenvalue weighted by Crippen LogP contribution is -2.10. The van der Waals surface area contributed by atoms with Gasteiger partial charge >= 0.3 is 0 Å². The van der Waals surface area contributed by atoms with Crippen LogP contribution in [0.15, 0.2) is 48.5 Å². The lowest BCUT2D eigenvalue weighted by atomic mass is 9.86. The van der Waals surface area contributed by atoms with Crippen LogP contribution in [0.2, 0.25) is 0 Å². The van der Waals surface area contributed by atoms with Gasteiger partial charge in [-0.15, -0.1) is 0 Å². The number of hydrogen-bond acceptors (Lipinski definition) is 1. The lowest BCUT2D eigenvalue weighted by Gasteiger charge is -2.18. The zero-order chi connectivity index (χ0) is 13.9. The van der Waals surface area contributed by atoms with E-state index in [-0.39, 0.29) is 5.41 Å². The van der Waals surface area contributed by atoms with Crippen LogP contribution >= 0.6 is 0 Å². The molecule has 1 heteroatoms. The predicted molar refractivity (Wildman–Crippen MR) is 82.0 cm³/mol.